The molecule has 4 heterocycles. The van der Waals surface area contributed by atoms with E-state index in [4.69, 9.17) is 9.40 Å². The predicted octanol–water partition coefficient (Wildman–Crippen LogP) is 8.78. The highest BCUT2D eigenvalue weighted by molar-refractivity contribution is 7.21. The lowest BCUT2D eigenvalue weighted by Crippen LogP contribution is -1.95. The molecule has 0 bridgehead atoms. The largest absolute Gasteiger partial charge is 0.445 e. The Hall–Kier alpha value is -5.07. The Labute approximate surface area is 227 Å². The van der Waals surface area contributed by atoms with E-state index in [1.54, 1.807) is 23.8 Å². The number of rotatable bonds is 4. The van der Waals surface area contributed by atoms with Crippen molar-refractivity contribution in [2.24, 2.45) is 0 Å². The topological polar surface area (TPSA) is 56.7 Å². The van der Waals surface area contributed by atoms with Gasteiger partial charge in [0.2, 0.25) is 5.89 Å². The first-order chi connectivity index (χ1) is 19.3. The molecule has 0 aliphatic rings. The van der Waals surface area contributed by atoms with Crippen LogP contribution in [-0.2, 0) is 0 Å². The Balaban J connectivity index is 1.46. The number of thiazole rings is 1. The molecule has 0 saturated heterocycles. The van der Waals surface area contributed by atoms with Crippen LogP contribution in [0.5, 0.6) is 0 Å². The lowest BCUT2D eigenvalue weighted by atomic mass is 10.0. The number of pyridine rings is 1. The fourth-order valence-corrected chi connectivity index (χ4v) is 6.31. The molecular formula is C33H20N4OS. The number of hydrogen-bond acceptors (Lipinski definition) is 5. The molecule has 0 aliphatic carbocycles. The highest BCUT2D eigenvalue weighted by Gasteiger charge is 2.21. The molecule has 5 nitrogen and oxygen atoms in total. The number of nitrogens with zero attached hydrogens (tertiary/aromatic N) is 4. The highest BCUT2D eigenvalue weighted by Crippen LogP contribution is 2.42. The molecule has 6 heteroatoms. The minimum absolute atomic E-state index is 0.591. The van der Waals surface area contributed by atoms with Crippen molar-refractivity contribution in [1.29, 1.82) is 0 Å². The Kier molecular flexibility index (Phi) is 4.93. The van der Waals surface area contributed by atoms with Crippen molar-refractivity contribution in [3.05, 3.63) is 122 Å². The van der Waals surface area contributed by atoms with Gasteiger partial charge in [-0.15, -0.1) is 11.3 Å². The summed E-state index contributed by atoms with van der Waals surface area (Å²) >= 11 is 1.69. The lowest BCUT2D eigenvalue weighted by molar-refractivity contribution is 0.575. The molecule has 0 N–H and O–H groups in total. The van der Waals surface area contributed by atoms with Crippen molar-refractivity contribution >= 4 is 43.4 Å². The minimum Gasteiger partial charge on any atom is -0.445 e. The number of benzene rings is 4. The Morgan fingerprint density at radius 1 is 0.692 bits per heavy atom. The second-order valence-corrected chi connectivity index (χ2v) is 10.4. The molecule has 0 spiro atoms. The van der Waals surface area contributed by atoms with Gasteiger partial charge in [0.15, 0.2) is 0 Å². The average Bonchev–Trinajstić information content (AvgIpc) is 3.75. The second kappa shape index (κ2) is 8.75. The van der Waals surface area contributed by atoms with Gasteiger partial charge in [0.1, 0.15) is 11.3 Å². The van der Waals surface area contributed by atoms with E-state index >= 15 is 0 Å². The van der Waals surface area contributed by atoms with Gasteiger partial charge in [-0.2, -0.15) is 0 Å². The zero-order valence-corrected chi connectivity index (χ0v) is 21.5. The normalized spacial score (nSPS) is 11.6. The minimum atomic E-state index is 0.591. The van der Waals surface area contributed by atoms with Crippen molar-refractivity contribution in [2.45, 2.75) is 0 Å². The third-order valence-corrected chi connectivity index (χ3v) is 8.13. The van der Waals surface area contributed by atoms with E-state index in [1.807, 2.05) is 30.5 Å². The molecule has 39 heavy (non-hydrogen) atoms. The van der Waals surface area contributed by atoms with Crippen LogP contribution < -0.4 is 0 Å². The zero-order valence-electron chi connectivity index (χ0n) is 20.7. The van der Waals surface area contributed by atoms with Gasteiger partial charge in [-0.1, -0.05) is 48.5 Å². The van der Waals surface area contributed by atoms with Gasteiger partial charge < -0.3 is 8.98 Å². The first kappa shape index (κ1) is 22.0. The summed E-state index contributed by atoms with van der Waals surface area (Å²) in [6, 6.07) is 35.7. The van der Waals surface area contributed by atoms with E-state index in [0.29, 0.717) is 5.89 Å². The fourth-order valence-electron chi connectivity index (χ4n) is 5.36. The SMILES string of the molecule is c1ccc(-c2cccc(-n3c4ccccc4c4c(-c5ncco5)cc(-c5nc6ccccc6s5)cc43)c2)nc1. The van der Waals surface area contributed by atoms with Crippen LogP contribution in [0.1, 0.15) is 0 Å². The summed E-state index contributed by atoms with van der Waals surface area (Å²) in [7, 11) is 0. The Morgan fingerprint density at radius 3 is 2.46 bits per heavy atom. The van der Waals surface area contributed by atoms with Crippen molar-refractivity contribution < 1.29 is 4.42 Å². The molecule has 0 fully saturated rings. The van der Waals surface area contributed by atoms with Gasteiger partial charge in [-0.05, 0) is 54.6 Å². The predicted molar refractivity (Wildman–Crippen MR) is 158 cm³/mol. The van der Waals surface area contributed by atoms with Gasteiger partial charge in [0, 0.05) is 39.3 Å². The summed E-state index contributed by atoms with van der Waals surface area (Å²) in [5.41, 5.74) is 8.22. The second-order valence-electron chi connectivity index (χ2n) is 9.36. The smallest absolute Gasteiger partial charge is 0.226 e. The Bertz CT molecular complexity index is 2090. The van der Waals surface area contributed by atoms with E-state index < -0.39 is 0 Å². The third kappa shape index (κ3) is 3.57. The summed E-state index contributed by atoms with van der Waals surface area (Å²) in [6.45, 7) is 0. The van der Waals surface area contributed by atoms with Crippen LogP contribution in [0.15, 0.2) is 126 Å². The molecule has 0 aliphatic heterocycles. The summed E-state index contributed by atoms with van der Waals surface area (Å²) in [6.07, 6.45) is 5.15. The highest BCUT2D eigenvalue weighted by atomic mass is 32.1. The van der Waals surface area contributed by atoms with Crippen LogP contribution in [0, 0.1) is 0 Å². The molecule has 0 saturated carbocycles. The molecule has 0 unspecified atom stereocenters. The first-order valence-electron chi connectivity index (χ1n) is 12.7. The first-order valence-corrected chi connectivity index (χ1v) is 13.5. The van der Waals surface area contributed by atoms with E-state index in [2.05, 4.69) is 93.4 Å². The molecule has 0 amide bonds. The van der Waals surface area contributed by atoms with Crippen LogP contribution in [0.4, 0.5) is 0 Å². The summed E-state index contributed by atoms with van der Waals surface area (Å²) in [5, 5.41) is 3.20. The molecule has 4 aromatic carbocycles. The van der Waals surface area contributed by atoms with E-state index in [9.17, 15) is 0 Å². The van der Waals surface area contributed by atoms with E-state index in [0.717, 1.165) is 65.1 Å². The molecule has 4 aromatic heterocycles. The Morgan fingerprint density at radius 2 is 1.59 bits per heavy atom. The molecular weight excluding hydrogens is 500 g/mol. The zero-order chi connectivity index (χ0) is 25.8. The number of para-hydroxylation sites is 2. The van der Waals surface area contributed by atoms with Crippen LogP contribution in [0.3, 0.4) is 0 Å². The van der Waals surface area contributed by atoms with Crippen molar-refractivity contribution in [3.8, 4) is 39.0 Å². The summed E-state index contributed by atoms with van der Waals surface area (Å²) in [4.78, 5) is 14.1. The monoisotopic (exact) mass is 520 g/mol. The number of oxazole rings is 1. The van der Waals surface area contributed by atoms with Crippen molar-refractivity contribution in [3.63, 3.8) is 0 Å². The molecule has 184 valence electrons. The van der Waals surface area contributed by atoms with E-state index in [-0.39, 0.29) is 0 Å². The molecule has 8 rings (SSSR count). The maximum atomic E-state index is 5.87. The van der Waals surface area contributed by atoms with Gasteiger partial charge in [0.25, 0.3) is 0 Å². The standard InChI is InChI=1S/C33H20N4OS/c1-3-13-28-24(10-1)31-25(32-35-16-17-38-32)19-22(33-36-27-12-2-4-14-30(27)39-33)20-29(31)37(28)23-9-7-8-21(18-23)26-11-5-6-15-34-26/h1-20H. The third-order valence-electron chi connectivity index (χ3n) is 7.04. The van der Waals surface area contributed by atoms with Crippen molar-refractivity contribution in [2.75, 3.05) is 0 Å². The summed E-state index contributed by atoms with van der Waals surface area (Å²) < 4.78 is 9.35. The van der Waals surface area contributed by atoms with Gasteiger partial charge in [-0.3, -0.25) is 4.98 Å². The van der Waals surface area contributed by atoms with Gasteiger partial charge in [-0.25, -0.2) is 9.97 Å². The van der Waals surface area contributed by atoms with Gasteiger partial charge >= 0.3 is 0 Å². The quantitative estimate of drug-likeness (QED) is 0.233. The van der Waals surface area contributed by atoms with Crippen LogP contribution in [-0.4, -0.2) is 19.5 Å². The van der Waals surface area contributed by atoms with Crippen LogP contribution in [0.25, 0.3) is 71.0 Å². The fraction of sp³-hybridized carbons (Fsp3) is 0. The lowest BCUT2D eigenvalue weighted by Gasteiger charge is -2.11. The van der Waals surface area contributed by atoms with E-state index in [1.165, 1.54) is 0 Å². The molecule has 0 atom stereocenters. The number of aromatic nitrogens is 4. The van der Waals surface area contributed by atoms with Crippen LogP contribution in [0.2, 0.25) is 0 Å². The van der Waals surface area contributed by atoms with Crippen LogP contribution >= 0.6 is 11.3 Å². The maximum absolute atomic E-state index is 5.87. The molecule has 0 radical (unpaired) electrons. The average molecular weight is 521 g/mol. The molecule has 8 aromatic rings. The van der Waals surface area contributed by atoms with Gasteiger partial charge in [0.05, 0.1) is 33.1 Å². The summed E-state index contributed by atoms with van der Waals surface area (Å²) in [5.74, 6) is 0.591. The van der Waals surface area contributed by atoms with Crippen molar-refractivity contribution in [1.82, 2.24) is 19.5 Å². The number of hydrogen-bond donors (Lipinski definition) is 0. The maximum Gasteiger partial charge on any atom is 0.226 e. The number of fused-ring (bicyclic) bond motifs is 4.